The van der Waals surface area contributed by atoms with Gasteiger partial charge in [0.2, 0.25) is 0 Å². The van der Waals surface area contributed by atoms with Crippen LogP contribution < -0.4 is 10.2 Å². The number of amides is 1. The highest BCUT2D eigenvalue weighted by Gasteiger charge is 2.18. The maximum Gasteiger partial charge on any atom is 0.255 e. The summed E-state index contributed by atoms with van der Waals surface area (Å²) in [6.45, 7) is 1.96. The molecule has 5 nitrogen and oxygen atoms in total. The van der Waals surface area contributed by atoms with Crippen LogP contribution in [-0.2, 0) is 0 Å². The zero-order chi connectivity index (χ0) is 16.4. The Hall–Kier alpha value is -2.21. The number of para-hydroxylation sites is 2. The SMILES string of the molecule is O=C(Nc1ccccc1N1CCCC1)c1cc(O)c(Br)c(O)c1. The summed E-state index contributed by atoms with van der Waals surface area (Å²) in [5.74, 6) is -0.735. The maximum absolute atomic E-state index is 12.4. The highest BCUT2D eigenvalue weighted by molar-refractivity contribution is 9.10. The Morgan fingerprint density at radius 3 is 2.35 bits per heavy atom. The van der Waals surface area contributed by atoms with Gasteiger partial charge in [-0.05, 0) is 53.0 Å². The third-order valence-corrected chi connectivity index (χ3v) is 4.71. The molecule has 0 spiro atoms. The van der Waals surface area contributed by atoms with E-state index in [4.69, 9.17) is 0 Å². The normalized spacial score (nSPS) is 14.0. The Labute approximate surface area is 142 Å². The number of aromatic hydroxyl groups is 2. The van der Waals surface area contributed by atoms with Gasteiger partial charge in [-0.2, -0.15) is 0 Å². The molecule has 0 aliphatic carbocycles. The number of nitrogens with zero attached hydrogens (tertiary/aromatic N) is 1. The molecule has 2 aromatic rings. The average Bonchev–Trinajstić information content (AvgIpc) is 3.07. The van der Waals surface area contributed by atoms with Crippen molar-refractivity contribution >= 4 is 33.2 Å². The summed E-state index contributed by atoms with van der Waals surface area (Å²) in [4.78, 5) is 14.7. The number of phenolic OH excluding ortho intramolecular Hbond substituents is 2. The third kappa shape index (κ3) is 3.27. The fourth-order valence-electron chi connectivity index (χ4n) is 2.73. The number of anilines is 2. The van der Waals surface area contributed by atoms with E-state index in [9.17, 15) is 15.0 Å². The lowest BCUT2D eigenvalue weighted by Gasteiger charge is -2.21. The molecule has 0 aromatic heterocycles. The van der Waals surface area contributed by atoms with E-state index < -0.39 is 0 Å². The fourth-order valence-corrected chi connectivity index (χ4v) is 2.96. The summed E-state index contributed by atoms with van der Waals surface area (Å²) in [6, 6.07) is 10.3. The van der Waals surface area contributed by atoms with E-state index in [1.165, 1.54) is 12.1 Å². The quantitative estimate of drug-likeness (QED) is 0.763. The van der Waals surface area contributed by atoms with Crippen LogP contribution in [0.15, 0.2) is 40.9 Å². The molecule has 6 heteroatoms. The Balaban J connectivity index is 1.86. The highest BCUT2D eigenvalue weighted by atomic mass is 79.9. The molecule has 1 aliphatic rings. The van der Waals surface area contributed by atoms with Crippen LogP contribution in [0.2, 0.25) is 0 Å². The molecule has 0 atom stereocenters. The van der Waals surface area contributed by atoms with E-state index in [0.29, 0.717) is 0 Å². The number of phenols is 2. The first kappa shape index (κ1) is 15.7. The van der Waals surface area contributed by atoms with E-state index in [2.05, 4.69) is 26.1 Å². The molecule has 3 N–H and O–H groups in total. The van der Waals surface area contributed by atoms with Gasteiger partial charge >= 0.3 is 0 Å². The third-order valence-electron chi connectivity index (χ3n) is 3.90. The summed E-state index contributed by atoms with van der Waals surface area (Å²) in [7, 11) is 0. The van der Waals surface area contributed by atoms with E-state index in [1.54, 1.807) is 0 Å². The summed E-state index contributed by atoms with van der Waals surface area (Å²) >= 11 is 3.05. The molecule has 0 bridgehead atoms. The molecule has 1 heterocycles. The molecule has 2 aromatic carbocycles. The molecule has 0 saturated carbocycles. The Kier molecular flexibility index (Phi) is 4.43. The first-order valence-corrected chi connectivity index (χ1v) is 8.22. The highest BCUT2D eigenvalue weighted by Crippen LogP contribution is 2.35. The summed E-state index contributed by atoms with van der Waals surface area (Å²) < 4.78 is 0.173. The van der Waals surface area contributed by atoms with Gasteiger partial charge in [0.25, 0.3) is 5.91 Å². The lowest BCUT2D eigenvalue weighted by atomic mass is 10.1. The van der Waals surface area contributed by atoms with Crippen molar-refractivity contribution in [1.29, 1.82) is 0 Å². The van der Waals surface area contributed by atoms with Gasteiger partial charge in [-0.3, -0.25) is 4.79 Å². The van der Waals surface area contributed by atoms with Crippen LogP contribution in [0, 0.1) is 0 Å². The van der Waals surface area contributed by atoms with Crippen LogP contribution >= 0.6 is 15.9 Å². The molecule has 0 unspecified atom stereocenters. The minimum atomic E-state index is -0.380. The van der Waals surface area contributed by atoms with Crippen molar-refractivity contribution in [1.82, 2.24) is 0 Å². The minimum absolute atomic E-state index is 0.173. The van der Waals surface area contributed by atoms with Crippen LogP contribution in [0.25, 0.3) is 0 Å². The van der Waals surface area contributed by atoms with Crippen molar-refractivity contribution in [3.63, 3.8) is 0 Å². The van der Waals surface area contributed by atoms with Crippen molar-refractivity contribution < 1.29 is 15.0 Å². The number of benzene rings is 2. The molecule has 23 heavy (non-hydrogen) atoms. The lowest BCUT2D eigenvalue weighted by Crippen LogP contribution is -2.21. The van der Waals surface area contributed by atoms with Crippen molar-refractivity contribution in [3.8, 4) is 11.5 Å². The van der Waals surface area contributed by atoms with Gasteiger partial charge in [0.05, 0.1) is 11.4 Å². The number of hydrogen-bond donors (Lipinski definition) is 3. The number of rotatable bonds is 3. The average molecular weight is 377 g/mol. The molecule has 3 rings (SSSR count). The topological polar surface area (TPSA) is 72.8 Å². The summed E-state index contributed by atoms with van der Waals surface area (Å²) in [6.07, 6.45) is 2.30. The largest absolute Gasteiger partial charge is 0.507 e. The second kappa shape index (κ2) is 6.50. The van der Waals surface area contributed by atoms with Gasteiger partial charge in [-0.15, -0.1) is 0 Å². The number of nitrogens with one attached hydrogen (secondary N) is 1. The van der Waals surface area contributed by atoms with Crippen LogP contribution in [0.1, 0.15) is 23.2 Å². The Morgan fingerprint density at radius 1 is 1.09 bits per heavy atom. The summed E-state index contributed by atoms with van der Waals surface area (Å²) in [5.41, 5.74) is 1.91. The van der Waals surface area contributed by atoms with Gasteiger partial charge in [0, 0.05) is 18.7 Å². The van der Waals surface area contributed by atoms with E-state index in [1.807, 2.05) is 24.3 Å². The monoisotopic (exact) mass is 376 g/mol. The number of hydrogen-bond acceptors (Lipinski definition) is 4. The standard InChI is InChI=1S/C17H17BrN2O3/c18-16-14(21)9-11(10-15(16)22)17(23)19-12-5-1-2-6-13(12)20-7-3-4-8-20/h1-2,5-6,9-10,21-22H,3-4,7-8H2,(H,19,23). The van der Waals surface area contributed by atoms with Crippen molar-refractivity contribution in [2.24, 2.45) is 0 Å². The van der Waals surface area contributed by atoms with Crippen molar-refractivity contribution in [2.75, 3.05) is 23.3 Å². The minimum Gasteiger partial charge on any atom is -0.507 e. The molecular formula is C17H17BrN2O3. The zero-order valence-corrected chi connectivity index (χ0v) is 14.0. The number of carbonyl (C=O) groups is 1. The Bertz CT molecular complexity index is 719. The van der Waals surface area contributed by atoms with E-state index in [0.717, 1.165) is 37.3 Å². The molecular weight excluding hydrogens is 360 g/mol. The van der Waals surface area contributed by atoms with E-state index in [-0.39, 0.29) is 27.4 Å². The second-order valence-corrected chi connectivity index (χ2v) is 6.29. The van der Waals surface area contributed by atoms with Gasteiger partial charge in [-0.1, -0.05) is 12.1 Å². The molecule has 1 saturated heterocycles. The maximum atomic E-state index is 12.4. The van der Waals surface area contributed by atoms with Gasteiger partial charge < -0.3 is 20.4 Å². The predicted octanol–water partition coefficient (Wildman–Crippen LogP) is 3.71. The molecule has 1 aliphatic heterocycles. The lowest BCUT2D eigenvalue weighted by molar-refractivity contribution is 0.102. The molecule has 120 valence electrons. The number of halogens is 1. The first-order chi connectivity index (χ1) is 11.1. The number of carbonyl (C=O) groups excluding carboxylic acids is 1. The van der Waals surface area contributed by atoms with Gasteiger partial charge in [0.1, 0.15) is 16.0 Å². The first-order valence-electron chi connectivity index (χ1n) is 7.43. The van der Waals surface area contributed by atoms with Crippen molar-refractivity contribution in [3.05, 3.63) is 46.4 Å². The predicted molar refractivity (Wildman–Crippen MR) is 93.3 cm³/mol. The molecule has 0 radical (unpaired) electrons. The van der Waals surface area contributed by atoms with Gasteiger partial charge in [0.15, 0.2) is 0 Å². The Morgan fingerprint density at radius 2 is 1.70 bits per heavy atom. The van der Waals surface area contributed by atoms with Crippen LogP contribution in [-0.4, -0.2) is 29.2 Å². The molecule has 1 amide bonds. The second-order valence-electron chi connectivity index (χ2n) is 5.49. The van der Waals surface area contributed by atoms with Crippen LogP contribution in [0.4, 0.5) is 11.4 Å². The molecule has 1 fully saturated rings. The van der Waals surface area contributed by atoms with E-state index >= 15 is 0 Å². The summed E-state index contributed by atoms with van der Waals surface area (Å²) in [5, 5.41) is 22.3. The van der Waals surface area contributed by atoms with Crippen LogP contribution in [0.3, 0.4) is 0 Å². The van der Waals surface area contributed by atoms with Gasteiger partial charge in [-0.25, -0.2) is 0 Å². The smallest absolute Gasteiger partial charge is 0.255 e. The fraction of sp³-hybridized carbons (Fsp3) is 0.235. The van der Waals surface area contributed by atoms with Crippen LogP contribution in [0.5, 0.6) is 11.5 Å². The van der Waals surface area contributed by atoms with Crippen molar-refractivity contribution in [2.45, 2.75) is 12.8 Å². The zero-order valence-electron chi connectivity index (χ0n) is 12.4.